The number of hydrogen-bond donors (Lipinski definition) is 8. The highest BCUT2D eigenvalue weighted by Crippen LogP contribution is 2.42. The Morgan fingerprint density at radius 1 is 0.289 bits per heavy atom. The van der Waals surface area contributed by atoms with Crippen LogP contribution in [-0.4, -0.2) is 71.8 Å². The Balaban J connectivity index is 1.17. The van der Waals surface area contributed by atoms with E-state index < -0.39 is 40.5 Å². The maximum Gasteiger partial charge on any atom is 0.295 e. The van der Waals surface area contributed by atoms with Crippen molar-refractivity contribution in [2.24, 2.45) is 0 Å². The maximum absolute atomic E-state index is 12.7. The predicted octanol–water partition coefficient (Wildman–Crippen LogP) is 8.15. The minimum absolute atomic E-state index is 0.264. The fraction of sp³-hybridized carbons (Fsp3) is 0. The van der Waals surface area contributed by atoms with Crippen molar-refractivity contribution in [2.45, 2.75) is 19.6 Å². The predicted molar refractivity (Wildman–Crippen MR) is 295 cm³/mol. The largest absolute Gasteiger partial charge is 0.354 e. The Hall–Kier alpha value is -7.04. The van der Waals surface area contributed by atoms with Crippen molar-refractivity contribution >= 4 is 148 Å². The summed E-state index contributed by atoms with van der Waals surface area (Å²) in [5.41, 5.74) is 4.55. The van der Waals surface area contributed by atoms with Gasteiger partial charge in [0.25, 0.3) is 40.5 Å². The molecule has 1 aliphatic heterocycles. The zero-order valence-electron chi connectivity index (χ0n) is 38.2. The van der Waals surface area contributed by atoms with Crippen molar-refractivity contribution < 1.29 is 51.9 Å². The van der Waals surface area contributed by atoms with Gasteiger partial charge < -0.3 is 19.9 Å². The van der Waals surface area contributed by atoms with Gasteiger partial charge in [0.15, 0.2) is 0 Å². The SMILES string of the molecule is O=S(=O)(O)c1cccc2cc(C3=c4ccc([nH]4)=C(c4cc5cccc(S(=O)(=O)O)c5s4)c4ccc([nH]4)C(c4cc5cccc(S(=O)(=O)O)c5s4)=c4ccc([nH]4)=C(c4cc5cccc(S(=O)(=O)O)c5s4)c4ccc3[nH]4)sc12. The number of benzene rings is 4. The van der Waals surface area contributed by atoms with Gasteiger partial charge in [-0.2, -0.15) is 33.7 Å². The number of rotatable bonds is 8. The van der Waals surface area contributed by atoms with Gasteiger partial charge in [0.1, 0.15) is 19.6 Å². The van der Waals surface area contributed by atoms with E-state index in [0.717, 1.165) is 45.3 Å². The topological polar surface area (TPSA) is 281 Å². The average molecular weight is 1160 g/mol. The molecule has 380 valence electrons. The van der Waals surface area contributed by atoms with Crippen molar-refractivity contribution in [3.63, 3.8) is 0 Å². The van der Waals surface area contributed by atoms with Crippen molar-refractivity contribution in [2.75, 3.05) is 0 Å². The molecule has 24 heteroatoms. The Morgan fingerprint density at radius 2 is 0.513 bits per heavy atom. The van der Waals surface area contributed by atoms with Crippen LogP contribution in [0.2, 0.25) is 0 Å². The maximum atomic E-state index is 12.7. The first kappa shape index (κ1) is 48.6. The summed E-state index contributed by atoms with van der Waals surface area (Å²) >= 11 is 4.59. The van der Waals surface area contributed by atoms with Crippen molar-refractivity contribution in [1.29, 1.82) is 0 Å². The van der Waals surface area contributed by atoms with E-state index in [4.69, 9.17) is 0 Å². The van der Waals surface area contributed by atoms with Crippen molar-refractivity contribution in [3.8, 4) is 0 Å². The first-order valence-corrected chi connectivity index (χ1v) is 31.5. The van der Waals surface area contributed by atoms with E-state index in [2.05, 4.69) is 19.9 Å². The van der Waals surface area contributed by atoms with Gasteiger partial charge >= 0.3 is 0 Å². The summed E-state index contributed by atoms with van der Waals surface area (Å²) in [6.45, 7) is 0. The molecule has 8 bridgehead atoms. The van der Waals surface area contributed by atoms with Gasteiger partial charge in [-0.3, -0.25) is 18.2 Å². The highest BCUT2D eigenvalue weighted by Gasteiger charge is 2.26. The molecule has 1 aliphatic rings. The lowest BCUT2D eigenvalue weighted by atomic mass is 10.1. The molecular formula is C52H32N4O12S8. The lowest BCUT2D eigenvalue weighted by molar-refractivity contribution is 0.482. The zero-order valence-corrected chi connectivity index (χ0v) is 44.7. The molecule has 12 aromatic rings. The van der Waals surface area contributed by atoms with E-state index in [0.29, 0.717) is 126 Å². The smallest absolute Gasteiger partial charge is 0.295 e. The molecular weight excluding hydrogens is 1130 g/mol. The van der Waals surface area contributed by atoms with Crippen LogP contribution in [0.1, 0.15) is 42.3 Å². The monoisotopic (exact) mass is 1160 g/mol. The van der Waals surface area contributed by atoms with Gasteiger partial charge in [0.2, 0.25) is 0 Å². The summed E-state index contributed by atoms with van der Waals surface area (Å²) in [5, 5.41) is 4.39. The Morgan fingerprint density at radius 3 is 0.724 bits per heavy atom. The van der Waals surface area contributed by atoms with Crippen LogP contribution >= 0.6 is 45.3 Å². The van der Waals surface area contributed by atoms with Gasteiger partial charge in [-0.15, -0.1) is 45.3 Å². The minimum Gasteiger partial charge on any atom is -0.354 e. The van der Waals surface area contributed by atoms with Crippen molar-refractivity contribution in [3.05, 3.63) is 209 Å². The molecule has 0 saturated heterocycles. The number of aromatic amines is 4. The summed E-state index contributed by atoms with van der Waals surface area (Å²) < 4.78 is 144. The molecule has 4 aromatic carbocycles. The average Bonchev–Trinajstić information content (AvgIpc) is 4.21. The van der Waals surface area contributed by atoms with E-state index in [1.54, 1.807) is 48.5 Å². The number of H-pyrrole nitrogens is 4. The van der Waals surface area contributed by atoms with Crippen LogP contribution in [0.5, 0.6) is 0 Å². The highest BCUT2D eigenvalue weighted by atomic mass is 32.2. The molecule has 0 fully saturated rings. The van der Waals surface area contributed by atoms with Crippen LogP contribution in [0.15, 0.2) is 165 Å². The molecule has 0 spiro atoms. The molecule has 9 heterocycles. The van der Waals surface area contributed by atoms with Gasteiger partial charge in [-0.05, 0) is 119 Å². The van der Waals surface area contributed by atoms with Gasteiger partial charge in [-0.25, -0.2) is 0 Å². The molecule has 16 nitrogen and oxygen atoms in total. The van der Waals surface area contributed by atoms with Crippen molar-refractivity contribution in [1.82, 2.24) is 19.9 Å². The molecule has 8 aromatic heterocycles. The summed E-state index contributed by atoms with van der Waals surface area (Å²) in [5.74, 6) is 0. The standard InChI is InChI=1S/C52H32N4O12S8/c57-73(58,59)41-9-1-5-25-21-37(69-49(25)41)45-29-13-15-31(53-29)46(38-22-26-6-2-10-42(50(26)70-38)74(60,61)62)33-17-19-35(55-33)48(40-24-28-8-4-12-44(52(28)72-40)76(66,67)68)36-20-18-34(56-36)47(32-16-14-30(45)54-32)39-23-27-7-3-11-43(51(27)71-39)75(63,64)65/h1-24,53-56H,(H,57,58,59)(H,60,61,62)(H,63,64,65)(H,66,67,68). The molecule has 0 radical (unpaired) electrons. The summed E-state index contributed by atoms with van der Waals surface area (Å²) in [6.07, 6.45) is 0. The molecule has 8 N–H and O–H groups in total. The second-order valence-electron chi connectivity index (χ2n) is 17.7. The second kappa shape index (κ2) is 17.2. The van der Waals surface area contributed by atoms with Gasteiger partial charge in [0, 0.05) is 86.0 Å². The van der Waals surface area contributed by atoms with Crippen LogP contribution < -0.4 is 21.4 Å². The highest BCUT2D eigenvalue weighted by molar-refractivity contribution is 7.87. The van der Waals surface area contributed by atoms with Gasteiger partial charge in [0.05, 0.1) is 18.8 Å². The summed E-state index contributed by atoms with van der Waals surface area (Å²) in [7, 11) is -18.6. The van der Waals surface area contributed by atoms with Crippen LogP contribution in [-0.2, 0) is 40.5 Å². The van der Waals surface area contributed by atoms with E-state index in [9.17, 15) is 51.9 Å². The Kier molecular flexibility index (Phi) is 11.0. The van der Waals surface area contributed by atoms with Crippen LogP contribution in [0.25, 0.3) is 62.6 Å². The number of hydrogen-bond acceptors (Lipinski definition) is 12. The van der Waals surface area contributed by atoms with Crippen LogP contribution in [0, 0.1) is 0 Å². The van der Waals surface area contributed by atoms with E-state index >= 15 is 0 Å². The molecule has 0 unspecified atom stereocenters. The molecule has 0 saturated carbocycles. The number of fused-ring (bicyclic) bond motifs is 12. The fourth-order valence-electron chi connectivity index (χ4n) is 9.84. The molecule has 0 amide bonds. The van der Waals surface area contributed by atoms with Gasteiger partial charge in [-0.1, -0.05) is 48.5 Å². The van der Waals surface area contributed by atoms with Crippen LogP contribution in [0.3, 0.4) is 0 Å². The third kappa shape index (κ3) is 8.16. The normalized spacial score (nSPS) is 13.8. The lowest BCUT2D eigenvalue weighted by Gasteiger charge is -2.07. The minimum atomic E-state index is -4.65. The lowest BCUT2D eigenvalue weighted by Crippen LogP contribution is -2.18. The summed E-state index contributed by atoms with van der Waals surface area (Å²) in [4.78, 5) is 15.8. The number of nitrogens with one attached hydrogen (secondary N) is 4. The Labute approximate surface area is 445 Å². The number of thiophene rings is 4. The Bertz CT molecular complexity index is 4610. The number of aromatic nitrogens is 4. The van der Waals surface area contributed by atoms with E-state index in [1.165, 1.54) is 24.3 Å². The molecule has 13 rings (SSSR count). The summed E-state index contributed by atoms with van der Waals surface area (Å²) in [6, 6.07) is 40.6. The third-order valence-corrected chi connectivity index (χ3v) is 21.9. The van der Waals surface area contributed by atoms with E-state index in [1.807, 2.05) is 72.8 Å². The first-order chi connectivity index (χ1) is 36.2. The molecule has 0 aliphatic carbocycles. The molecule has 76 heavy (non-hydrogen) atoms. The third-order valence-electron chi connectivity index (χ3n) is 13.0. The fourth-order valence-corrected chi connectivity index (χ4v) is 18.6. The first-order valence-electron chi connectivity index (χ1n) is 22.4. The molecule has 0 atom stereocenters. The van der Waals surface area contributed by atoms with Crippen LogP contribution in [0.4, 0.5) is 0 Å². The van der Waals surface area contributed by atoms with E-state index in [-0.39, 0.29) is 19.6 Å². The quantitative estimate of drug-likeness (QED) is 0.0670. The zero-order chi connectivity index (χ0) is 52.8. The second-order valence-corrected chi connectivity index (χ2v) is 27.5.